The van der Waals surface area contributed by atoms with Crippen LogP contribution in [0.15, 0.2) is 70.2 Å². The number of carbonyl (C=O) groups is 6. The molecule has 376 valence electrons. The van der Waals surface area contributed by atoms with Gasteiger partial charge in [0.25, 0.3) is 11.8 Å². The Labute approximate surface area is 404 Å². The van der Waals surface area contributed by atoms with Gasteiger partial charge in [0.15, 0.2) is 22.8 Å². The number of nitrogens with zero attached hydrogens (tertiary/aromatic N) is 2. The first-order valence-corrected chi connectivity index (χ1v) is 20.8. The van der Waals surface area contributed by atoms with Gasteiger partial charge in [0.05, 0.1) is 47.3 Å². The second-order valence-corrected chi connectivity index (χ2v) is 17.5. The maximum atomic E-state index is 13.8. The molecule has 12 atom stereocenters. The first-order chi connectivity index (χ1) is 32.4. The molecule has 0 unspecified atom stereocenters. The van der Waals surface area contributed by atoms with Crippen LogP contribution in [0.2, 0.25) is 0 Å². The van der Waals surface area contributed by atoms with Gasteiger partial charge < -0.3 is 73.1 Å². The number of phenolic OH excluding ortho intramolecular Hbond substituents is 2. The number of benzene rings is 2. The summed E-state index contributed by atoms with van der Waals surface area (Å²) in [6, 6.07) is 5.45. The fourth-order valence-corrected chi connectivity index (χ4v) is 11.0. The van der Waals surface area contributed by atoms with E-state index < -0.39 is 158 Å². The van der Waals surface area contributed by atoms with Gasteiger partial charge in [0, 0.05) is 33.7 Å². The summed E-state index contributed by atoms with van der Waals surface area (Å²) < 4.78 is 23.2. The lowest BCUT2D eigenvalue weighted by Gasteiger charge is -2.53. The fraction of sp³-hybridized carbons (Fsp3) is 0.435. The van der Waals surface area contributed by atoms with Gasteiger partial charge >= 0.3 is 0 Å². The smallest absolute Gasteiger partial charge is 0.255 e. The van der Waals surface area contributed by atoms with E-state index in [4.69, 9.17) is 20.7 Å². The predicted molar refractivity (Wildman–Crippen MR) is 244 cm³/mol. The van der Waals surface area contributed by atoms with Crippen molar-refractivity contribution in [1.29, 1.82) is 0 Å². The number of likely N-dealkylation sites (N-methyl/N-ethyl adjacent to an activating group) is 2. The summed E-state index contributed by atoms with van der Waals surface area (Å²) >= 11 is 0. The first-order valence-electron chi connectivity index (χ1n) is 22.3. The summed E-state index contributed by atoms with van der Waals surface area (Å²) in [7, 11) is 3.90. The SMILES string of the molecule is CCO.C[C@H]1c2cccc(O)c2C(O)=C2C(=O)[C@]3(O)C(O)=C(C(N)=O)C(=O)[C@@H](N(C)C)[C@@H]3[C@@H](O)[C@@H]21.Cl.O.[2H]C([2H])([2H])N(C)[C@@H]1C(=O)C(C(N)=O)=C(O)[C@@]2(O)C(=O)C3=C(O)c4c(O)cccc4[C@H](C)[C@H]3[C@H](O)[C@@H]12. The molecular weight excluding hydrogens is 932 g/mol. The third-order valence-electron chi connectivity index (χ3n) is 13.8. The molecule has 22 nitrogen and oxygen atoms in total. The van der Waals surface area contributed by atoms with Crippen molar-refractivity contribution in [2.45, 2.75) is 68.1 Å². The van der Waals surface area contributed by atoms with Crippen LogP contribution in [0.1, 0.15) is 59.0 Å². The highest BCUT2D eigenvalue weighted by Crippen LogP contribution is 2.58. The molecule has 2 amide bonds. The highest BCUT2D eigenvalue weighted by molar-refractivity contribution is 6.26. The summed E-state index contributed by atoms with van der Waals surface area (Å²) in [5.74, 6) is -19.6. The van der Waals surface area contributed by atoms with E-state index in [2.05, 4.69) is 0 Å². The van der Waals surface area contributed by atoms with Gasteiger partial charge in [-0.2, -0.15) is 0 Å². The van der Waals surface area contributed by atoms with Crippen molar-refractivity contribution >= 4 is 58.9 Å². The van der Waals surface area contributed by atoms with Gasteiger partial charge in [-0.3, -0.25) is 38.6 Å². The number of aliphatic hydroxyl groups excluding tert-OH is 7. The quantitative estimate of drug-likeness (QED) is 0.156. The summed E-state index contributed by atoms with van der Waals surface area (Å²) in [6.45, 7) is 2.21. The molecular formula is C46H57ClN4O18. The van der Waals surface area contributed by atoms with Crippen LogP contribution >= 0.6 is 12.4 Å². The van der Waals surface area contributed by atoms with Gasteiger partial charge in [-0.1, -0.05) is 38.1 Å². The zero-order valence-electron chi connectivity index (χ0n) is 40.8. The Balaban J connectivity index is 0.000000290. The summed E-state index contributed by atoms with van der Waals surface area (Å²) in [4.78, 5) is 79.5. The van der Waals surface area contributed by atoms with Crippen molar-refractivity contribution in [2.75, 3.05) is 34.7 Å². The number of ketones is 4. The Bertz CT molecular complexity index is 2780. The maximum absolute atomic E-state index is 13.8. The van der Waals surface area contributed by atoms with Crippen LogP contribution in [0.3, 0.4) is 0 Å². The lowest BCUT2D eigenvalue weighted by atomic mass is 9.54. The van der Waals surface area contributed by atoms with Crippen LogP contribution in [-0.2, 0) is 28.8 Å². The highest BCUT2D eigenvalue weighted by atomic mass is 35.5. The van der Waals surface area contributed by atoms with Crippen molar-refractivity contribution in [1.82, 2.24) is 9.80 Å². The molecule has 2 aromatic rings. The number of rotatable bonds is 4. The third-order valence-corrected chi connectivity index (χ3v) is 13.8. The predicted octanol–water partition coefficient (Wildman–Crippen LogP) is -1.41. The second-order valence-electron chi connectivity index (χ2n) is 17.5. The molecule has 2 saturated carbocycles. The molecule has 0 aromatic heterocycles. The Morgan fingerprint density at radius 3 is 1.28 bits per heavy atom. The topological polar surface area (TPSA) is 415 Å². The molecule has 6 aliphatic carbocycles. The zero-order valence-corrected chi connectivity index (χ0v) is 38.6. The van der Waals surface area contributed by atoms with E-state index in [9.17, 15) is 79.8 Å². The third kappa shape index (κ3) is 7.66. The molecule has 23 heteroatoms. The lowest BCUT2D eigenvalue weighted by Crippen LogP contribution is -2.70. The van der Waals surface area contributed by atoms with Crippen molar-refractivity contribution in [3.8, 4) is 11.5 Å². The van der Waals surface area contributed by atoms with Gasteiger partial charge in [-0.15, -0.1) is 12.4 Å². The van der Waals surface area contributed by atoms with Crippen LogP contribution in [0, 0.1) is 23.7 Å². The highest BCUT2D eigenvalue weighted by Gasteiger charge is 2.70. The van der Waals surface area contributed by atoms with E-state index in [1.54, 1.807) is 39.0 Å². The first kappa shape index (κ1) is 50.7. The molecule has 0 spiro atoms. The van der Waals surface area contributed by atoms with Gasteiger partial charge in [-0.05, 0) is 70.1 Å². The number of nitrogens with two attached hydrogens (primary N) is 2. The molecule has 0 aliphatic heterocycles. The van der Waals surface area contributed by atoms with E-state index in [1.165, 1.54) is 37.2 Å². The molecule has 2 aromatic carbocycles. The Kier molecular flexibility index (Phi) is 14.2. The summed E-state index contributed by atoms with van der Waals surface area (Å²) in [5, 5.41) is 118. The van der Waals surface area contributed by atoms with E-state index in [0.717, 1.165) is 7.05 Å². The van der Waals surface area contributed by atoms with Crippen LogP contribution in [0.4, 0.5) is 0 Å². The number of fused-ring (bicyclic) bond motifs is 6. The number of hydrogen-bond acceptors (Lipinski definition) is 19. The van der Waals surface area contributed by atoms with Crippen LogP contribution < -0.4 is 11.5 Å². The molecule has 0 heterocycles. The minimum Gasteiger partial charge on any atom is -0.508 e. The Morgan fingerprint density at radius 1 is 0.667 bits per heavy atom. The Hall–Kier alpha value is -6.21. The number of hydrogen-bond donors (Lipinski definition) is 13. The number of aromatic hydroxyl groups is 2. The average Bonchev–Trinajstić information content (AvgIpc) is 3.26. The molecule has 0 radical (unpaired) electrons. The number of carbonyl (C=O) groups excluding carboxylic acids is 6. The number of aliphatic hydroxyl groups is 9. The number of primary amides is 2. The lowest BCUT2D eigenvalue weighted by molar-refractivity contribution is -0.170. The van der Waals surface area contributed by atoms with Gasteiger partial charge in [0.1, 0.15) is 45.7 Å². The fourth-order valence-electron chi connectivity index (χ4n) is 11.0. The number of Topliss-reactive ketones (excluding diaryl/α,β-unsaturated/α-hetero) is 4. The number of halogens is 1. The van der Waals surface area contributed by atoms with E-state index in [0.29, 0.717) is 16.0 Å². The van der Waals surface area contributed by atoms with Crippen molar-refractivity contribution in [3.63, 3.8) is 0 Å². The molecule has 0 bridgehead atoms. The largest absolute Gasteiger partial charge is 0.508 e. The second kappa shape index (κ2) is 19.3. The average molecular weight is 992 g/mol. The molecule has 2 fully saturated rings. The monoisotopic (exact) mass is 991 g/mol. The minimum atomic E-state index is -3.18. The van der Waals surface area contributed by atoms with Crippen molar-refractivity contribution < 1.29 is 94.5 Å². The van der Waals surface area contributed by atoms with Crippen molar-refractivity contribution in [3.05, 3.63) is 92.5 Å². The van der Waals surface area contributed by atoms with Crippen LogP contribution in [-0.4, -0.2) is 177 Å². The van der Waals surface area contributed by atoms with E-state index >= 15 is 0 Å². The van der Waals surface area contributed by atoms with E-state index in [-0.39, 0.29) is 47.1 Å². The Morgan fingerprint density at radius 2 is 0.986 bits per heavy atom. The number of amides is 2. The standard InChI is InChI=1S/2C22H24N2O8.C2H6O.ClH.H2O/c2*1-7-8-5-4-6-9(25)11(8)16(26)12-10(7)17(27)14-15(24(2)3)18(28)13(21(23)31)20(30)22(14,32)19(12)29;1-2-3;;/h2*4-7,10,14-15,17,25-27,30,32H,1-3H3,(H2,23,31);3H,2H2,1H3;1H;1H2/t2*7-,10+,14+,15-,17-,22-;;;/m00.../s1/i2D3;;;;. The maximum Gasteiger partial charge on any atom is 0.255 e. The molecule has 17 N–H and O–H groups in total. The number of phenols is 2. The minimum absolute atomic E-state index is 0. The van der Waals surface area contributed by atoms with Gasteiger partial charge in [0.2, 0.25) is 11.6 Å². The van der Waals surface area contributed by atoms with Crippen LogP contribution in [0.25, 0.3) is 11.5 Å². The normalized spacial score (nSPS) is 33.0. The van der Waals surface area contributed by atoms with Gasteiger partial charge in [-0.25, -0.2) is 0 Å². The zero-order chi connectivity index (χ0) is 52.9. The van der Waals surface area contributed by atoms with Crippen molar-refractivity contribution in [2.24, 2.45) is 35.1 Å². The molecule has 8 rings (SSSR count). The summed E-state index contributed by atoms with van der Waals surface area (Å²) in [5.41, 5.74) is 2.03. The van der Waals surface area contributed by atoms with Crippen LogP contribution in [0.5, 0.6) is 11.5 Å². The summed E-state index contributed by atoms with van der Waals surface area (Å²) in [6.07, 6.45) is -3.45. The molecule has 6 aliphatic rings. The molecule has 69 heavy (non-hydrogen) atoms. The molecule has 0 saturated heterocycles. The van der Waals surface area contributed by atoms with E-state index in [1.807, 2.05) is 0 Å².